The Kier molecular flexibility index (Phi) is 4.49. The van der Waals surface area contributed by atoms with Crippen LogP contribution in [-0.2, 0) is 16.1 Å². The standard InChI is InChI=1S/C14H12F3N3O5/c15-14(16,17)25-10-3-1-9(2-4-10)8-23-12-7-18-13-19(12)6-5-11(24-13)20(21)22/h1-6,11-12H,7-8H2/t11-,12-/m0/s1. The summed E-state index contributed by atoms with van der Waals surface area (Å²) in [4.78, 5) is 15.7. The number of hydrogen-bond acceptors (Lipinski definition) is 7. The zero-order valence-electron chi connectivity index (χ0n) is 12.5. The maximum atomic E-state index is 12.1. The average molecular weight is 359 g/mol. The van der Waals surface area contributed by atoms with Crippen molar-refractivity contribution in [2.24, 2.45) is 4.99 Å². The van der Waals surface area contributed by atoms with Crippen LogP contribution < -0.4 is 4.74 Å². The summed E-state index contributed by atoms with van der Waals surface area (Å²) in [5, 5.41) is 10.7. The zero-order valence-corrected chi connectivity index (χ0v) is 12.5. The van der Waals surface area contributed by atoms with Gasteiger partial charge in [-0.1, -0.05) is 12.1 Å². The summed E-state index contributed by atoms with van der Waals surface area (Å²) in [7, 11) is 0. The van der Waals surface area contributed by atoms with E-state index in [0.717, 1.165) is 0 Å². The Morgan fingerprint density at radius 2 is 2.08 bits per heavy atom. The fourth-order valence-corrected chi connectivity index (χ4v) is 2.25. The van der Waals surface area contributed by atoms with E-state index in [1.807, 2.05) is 0 Å². The Labute approximate surface area is 139 Å². The van der Waals surface area contributed by atoms with Crippen molar-refractivity contribution in [1.29, 1.82) is 0 Å². The maximum Gasteiger partial charge on any atom is 0.573 e. The molecule has 8 nitrogen and oxygen atoms in total. The van der Waals surface area contributed by atoms with Crippen molar-refractivity contribution < 1.29 is 32.3 Å². The van der Waals surface area contributed by atoms with Gasteiger partial charge in [0.1, 0.15) is 5.75 Å². The first-order chi connectivity index (χ1) is 11.8. The van der Waals surface area contributed by atoms with Crippen molar-refractivity contribution in [3.05, 3.63) is 52.2 Å². The molecule has 1 aromatic rings. The number of fused-ring (bicyclic) bond motifs is 1. The number of nitrogens with zero attached hydrogens (tertiary/aromatic N) is 3. The van der Waals surface area contributed by atoms with Crippen LogP contribution in [0.15, 0.2) is 41.5 Å². The average Bonchev–Trinajstić information content (AvgIpc) is 2.95. The van der Waals surface area contributed by atoms with Gasteiger partial charge in [0.15, 0.2) is 6.23 Å². The van der Waals surface area contributed by atoms with Crippen molar-refractivity contribution in [3.8, 4) is 5.75 Å². The van der Waals surface area contributed by atoms with E-state index in [4.69, 9.17) is 9.47 Å². The Morgan fingerprint density at radius 1 is 1.36 bits per heavy atom. The van der Waals surface area contributed by atoms with Crippen LogP contribution in [0.4, 0.5) is 13.2 Å². The number of ether oxygens (including phenoxy) is 3. The summed E-state index contributed by atoms with van der Waals surface area (Å²) in [6.45, 7) is 0.335. The molecule has 0 aliphatic carbocycles. The third kappa shape index (κ3) is 4.18. The Morgan fingerprint density at radius 3 is 2.72 bits per heavy atom. The minimum Gasteiger partial charge on any atom is -0.406 e. The van der Waals surface area contributed by atoms with Crippen molar-refractivity contribution in [2.45, 2.75) is 25.4 Å². The minimum absolute atomic E-state index is 0.100. The number of nitro groups is 1. The molecular weight excluding hydrogens is 347 g/mol. The van der Waals surface area contributed by atoms with E-state index < -0.39 is 23.7 Å². The lowest BCUT2D eigenvalue weighted by molar-refractivity contribution is -0.552. The van der Waals surface area contributed by atoms with E-state index in [1.165, 1.54) is 41.4 Å². The highest BCUT2D eigenvalue weighted by molar-refractivity contribution is 5.78. The van der Waals surface area contributed by atoms with Crippen molar-refractivity contribution in [3.63, 3.8) is 0 Å². The first-order valence-electron chi connectivity index (χ1n) is 7.09. The van der Waals surface area contributed by atoms with Gasteiger partial charge in [-0.2, -0.15) is 0 Å². The molecule has 0 N–H and O–H groups in total. The summed E-state index contributed by atoms with van der Waals surface area (Å²) in [5.41, 5.74) is 0.632. The van der Waals surface area contributed by atoms with Gasteiger partial charge in [0, 0.05) is 12.3 Å². The molecule has 1 aromatic carbocycles. The Hall–Kier alpha value is -2.82. The monoisotopic (exact) mass is 359 g/mol. The first kappa shape index (κ1) is 17.0. The van der Waals surface area contributed by atoms with Crippen LogP contribution in [0.2, 0.25) is 0 Å². The molecule has 11 heteroatoms. The molecule has 0 bridgehead atoms. The molecule has 0 unspecified atom stereocenters. The lowest BCUT2D eigenvalue weighted by Crippen LogP contribution is -2.41. The third-order valence-corrected chi connectivity index (χ3v) is 3.36. The van der Waals surface area contributed by atoms with E-state index in [2.05, 4.69) is 9.73 Å². The predicted octanol–water partition coefficient (Wildman–Crippen LogP) is 2.25. The van der Waals surface area contributed by atoms with Crippen LogP contribution in [-0.4, -0.2) is 41.2 Å². The molecule has 0 fully saturated rings. The van der Waals surface area contributed by atoms with E-state index in [1.54, 1.807) is 0 Å². The van der Waals surface area contributed by atoms with Gasteiger partial charge in [-0.3, -0.25) is 15.0 Å². The fourth-order valence-electron chi connectivity index (χ4n) is 2.25. The summed E-state index contributed by atoms with van der Waals surface area (Å²) < 4.78 is 50.8. The lowest BCUT2D eigenvalue weighted by Gasteiger charge is -2.26. The number of rotatable bonds is 5. The molecule has 0 aromatic heterocycles. The van der Waals surface area contributed by atoms with Gasteiger partial charge in [-0.05, 0) is 17.7 Å². The summed E-state index contributed by atoms with van der Waals surface area (Å²) in [6.07, 6.45) is -3.80. The van der Waals surface area contributed by atoms with Gasteiger partial charge in [0.2, 0.25) is 0 Å². The third-order valence-electron chi connectivity index (χ3n) is 3.36. The largest absolute Gasteiger partial charge is 0.573 e. The lowest BCUT2D eigenvalue weighted by atomic mass is 10.2. The van der Waals surface area contributed by atoms with Gasteiger partial charge < -0.3 is 14.2 Å². The van der Waals surface area contributed by atoms with Crippen LogP contribution in [0.25, 0.3) is 0 Å². The molecule has 134 valence electrons. The SMILES string of the molecule is O=[N+]([O-])[C@@H]1C=CN2C(=NC[C@@H]2OCc2ccc(OC(F)(F)F)cc2)O1. The van der Waals surface area contributed by atoms with Crippen molar-refractivity contribution in [2.75, 3.05) is 6.54 Å². The maximum absolute atomic E-state index is 12.1. The van der Waals surface area contributed by atoms with Gasteiger partial charge in [0.25, 0.3) is 6.02 Å². The summed E-state index contributed by atoms with van der Waals surface area (Å²) in [6, 6.07) is 5.37. The topological polar surface area (TPSA) is 86.4 Å². The predicted molar refractivity (Wildman–Crippen MR) is 76.9 cm³/mol. The molecule has 0 amide bonds. The van der Waals surface area contributed by atoms with Gasteiger partial charge in [0.05, 0.1) is 18.1 Å². The van der Waals surface area contributed by atoms with Gasteiger partial charge >= 0.3 is 12.6 Å². The smallest absolute Gasteiger partial charge is 0.406 e. The molecule has 2 atom stereocenters. The number of halogens is 3. The molecule has 2 heterocycles. The second-order valence-corrected chi connectivity index (χ2v) is 5.12. The van der Waals surface area contributed by atoms with Crippen LogP contribution >= 0.6 is 0 Å². The fraction of sp³-hybridized carbons (Fsp3) is 0.357. The van der Waals surface area contributed by atoms with E-state index in [0.29, 0.717) is 5.56 Å². The number of amidine groups is 1. The number of hydrogen-bond donors (Lipinski definition) is 0. The normalized spacial score (nSPS) is 22.2. The highest BCUT2D eigenvalue weighted by atomic mass is 19.4. The van der Waals surface area contributed by atoms with Crippen molar-refractivity contribution >= 4 is 6.02 Å². The Balaban J connectivity index is 1.55. The molecule has 0 saturated heterocycles. The van der Waals surface area contributed by atoms with E-state index >= 15 is 0 Å². The Bertz CT molecular complexity index is 705. The van der Waals surface area contributed by atoms with Crippen LogP contribution in [0, 0.1) is 10.1 Å². The van der Waals surface area contributed by atoms with Gasteiger partial charge in [-0.15, -0.1) is 13.2 Å². The van der Waals surface area contributed by atoms with Crippen LogP contribution in [0.3, 0.4) is 0 Å². The first-order valence-corrected chi connectivity index (χ1v) is 7.09. The minimum atomic E-state index is -4.74. The number of alkyl halides is 3. The molecule has 3 rings (SSSR count). The summed E-state index contributed by atoms with van der Waals surface area (Å²) in [5.74, 6) is -0.319. The van der Waals surface area contributed by atoms with E-state index in [9.17, 15) is 23.3 Å². The molecule has 0 radical (unpaired) electrons. The van der Waals surface area contributed by atoms with E-state index in [-0.39, 0.29) is 24.9 Å². The zero-order chi connectivity index (χ0) is 18.0. The molecule has 25 heavy (non-hydrogen) atoms. The number of aliphatic imine (C=N–C) groups is 1. The second-order valence-electron chi connectivity index (χ2n) is 5.12. The van der Waals surface area contributed by atoms with Crippen LogP contribution in [0.1, 0.15) is 5.56 Å². The molecule has 2 aliphatic heterocycles. The van der Waals surface area contributed by atoms with Crippen LogP contribution in [0.5, 0.6) is 5.75 Å². The van der Waals surface area contributed by atoms with Gasteiger partial charge in [-0.25, -0.2) is 4.99 Å². The highest BCUT2D eigenvalue weighted by Gasteiger charge is 2.36. The molecule has 2 aliphatic rings. The van der Waals surface area contributed by atoms with Crippen molar-refractivity contribution in [1.82, 2.24) is 4.90 Å². The molecule has 0 spiro atoms. The quantitative estimate of drug-likeness (QED) is 0.592. The molecular formula is C14H12F3N3O5. The second kappa shape index (κ2) is 6.59. The molecule has 0 saturated carbocycles. The number of benzene rings is 1. The highest BCUT2D eigenvalue weighted by Crippen LogP contribution is 2.24. The summed E-state index contributed by atoms with van der Waals surface area (Å²) >= 11 is 0.